The van der Waals surface area contributed by atoms with Crippen molar-refractivity contribution in [1.29, 1.82) is 0 Å². The molecule has 2 aromatic carbocycles. The summed E-state index contributed by atoms with van der Waals surface area (Å²) >= 11 is 0. The fourth-order valence-electron chi connectivity index (χ4n) is 3.98. The topological polar surface area (TPSA) is 86.8 Å². The first-order valence-corrected chi connectivity index (χ1v) is 11.7. The molecule has 2 aliphatic heterocycles. The van der Waals surface area contributed by atoms with Crippen LogP contribution < -0.4 is 10.2 Å². The molecule has 2 fully saturated rings. The molecule has 7 nitrogen and oxygen atoms in total. The molecule has 1 unspecified atom stereocenters. The number of hydrogen-bond donors (Lipinski definition) is 1. The van der Waals surface area contributed by atoms with Gasteiger partial charge in [-0.1, -0.05) is 6.07 Å². The molecular weight excluding hydrogens is 421 g/mol. The largest absolute Gasteiger partial charge is 0.326 e. The van der Waals surface area contributed by atoms with Crippen molar-refractivity contribution in [2.45, 2.75) is 31.1 Å². The van der Waals surface area contributed by atoms with Crippen LogP contribution in [0, 0.1) is 18.7 Å². The molecular formula is C22H24FN3O4S. The molecule has 31 heavy (non-hydrogen) atoms. The van der Waals surface area contributed by atoms with E-state index in [2.05, 4.69) is 5.32 Å². The van der Waals surface area contributed by atoms with Crippen molar-refractivity contribution in [3.63, 3.8) is 0 Å². The third-order valence-corrected chi connectivity index (χ3v) is 7.63. The normalized spacial score (nSPS) is 19.7. The van der Waals surface area contributed by atoms with Gasteiger partial charge in [0.25, 0.3) is 0 Å². The predicted molar refractivity (Wildman–Crippen MR) is 115 cm³/mol. The first-order valence-electron chi connectivity index (χ1n) is 10.2. The lowest BCUT2D eigenvalue weighted by Crippen LogP contribution is -2.29. The van der Waals surface area contributed by atoms with Crippen LogP contribution in [0.15, 0.2) is 47.4 Å². The Labute approximate surface area is 180 Å². The zero-order valence-electron chi connectivity index (χ0n) is 17.2. The van der Waals surface area contributed by atoms with Gasteiger partial charge in [0.15, 0.2) is 0 Å². The van der Waals surface area contributed by atoms with Crippen molar-refractivity contribution in [2.75, 3.05) is 29.9 Å². The van der Waals surface area contributed by atoms with Crippen molar-refractivity contribution in [1.82, 2.24) is 4.31 Å². The number of carbonyl (C=O) groups is 2. The van der Waals surface area contributed by atoms with Crippen LogP contribution in [0.3, 0.4) is 0 Å². The van der Waals surface area contributed by atoms with E-state index in [-0.39, 0.29) is 35.4 Å². The number of nitrogens with zero attached hydrogens (tertiary/aromatic N) is 2. The molecule has 1 atom stereocenters. The molecule has 0 aliphatic carbocycles. The van der Waals surface area contributed by atoms with Crippen LogP contribution >= 0.6 is 0 Å². The maximum atomic E-state index is 14.2. The minimum atomic E-state index is -3.52. The van der Waals surface area contributed by atoms with Crippen LogP contribution in [-0.2, 0) is 19.6 Å². The lowest BCUT2D eigenvalue weighted by atomic mass is 10.1. The third-order valence-electron chi connectivity index (χ3n) is 5.71. The molecule has 2 aliphatic rings. The lowest BCUT2D eigenvalue weighted by Gasteiger charge is -2.18. The molecule has 4 rings (SSSR count). The number of nitrogens with one attached hydrogen (secondary N) is 1. The average molecular weight is 446 g/mol. The summed E-state index contributed by atoms with van der Waals surface area (Å²) in [4.78, 5) is 26.5. The smallest absolute Gasteiger partial charge is 0.243 e. The van der Waals surface area contributed by atoms with E-state index in [1.807, 2.05) is 0 Å². The highest BCUT2D eigenvalue weighted by atomic mass is 32.2. The van der Waals surface area contributed by atoms with E-state index in [0.717, 1.165) is 18.4 Å². The Morgan fingerprint density at radius 2 is 1.77 bits per heavy atom. The molecule has 2 saturated heterocycles. The number of benzene rings is 2. The molecule has 2 heterocycles. The Kier molecular flexibility index (Phi) is 5.81. The van der Waals surface area contributed by atoms with Crippen molar-refractivity contribution in [3.8, 4) is 0 Å². The van der Waals surface area contributed by atoms with Gasteiger partial charge in [-0.05, 0) is 61.7 Å². The molecule has 2 aromatic rings. The quantitative estimate of drug-likeness (QED) is 0.767. The fraction of sp³-hybridized carbons (Fsp3) is 0.364. The minimum Gasteiger partial charge on any atom is -0.326 e. The second-order valence-electron chi connectivity index (χ2n) is 7.99. The maximum absolute atomic E-state index is 14.2. The fourth-order valence-corrected chi connectivity index (χ4v) is 5.50. The van der Waals surface area contributed by atoms with Gasteiger partial charge in [0.2, 0.25) is 21.8 Å². The summed E-state index contributed by atoms with van der Waals surface area (Å²) in [6.45, 7) is 2.89. The highest BCUT2D eigenvalue weighted by Crippen LogP contribution is 2.29. The molecule has 0 aromatic heterocycles. The third kappa shape index (κ3) is 4.33. The van der Waals surface area contributed by atoms with Crippen LogP contribution in [0.1, 0.15) is 24.8 Å². The van der Waals surface area contributed by atoms with Gasteiger partial charge in [-0.25, -0.2) is 12.8 Å². The van der Waals surface area contributed by atoms with Gasteiger partial charge in [0.1, 0.15) is 5.82 Å². The molecule has 1 N–H and O–H groups in total. The van der Waals surface area contributed by atoms with Gasteiger partial charge >= 0.3 is 0 Å². The predicted octanol–water partition coefficient (Wildman–Crippen LogP) is 2.91. The first-order chi connectivity index (χ1) is 14.8. The van der Waals surface area contributed by atoms with Gasteiger partial charge in [0, 0.05) is 31.7 Å². The molecule has 0 radical (unpaired) electrons. The Morgan fingerprint density at radius 1 is 1.10 bits per heavy atom. The SMILES string of the molecule is Cc1ccc(N2CC(C(=O)Nc3ccc(S(=O)(=O)N4CCCC4)cc3)CC2=O)c(F)c1. The molecule has 0 spiro atoms. The van der Waals surface area contributed by atoms with Gasteiger partial charge in [0.05, 0.1) is 16.5 Å². The van der Waals surface area contributed by atoms with E-state index in [1.54, 1.807) is 19.1 Å². The van der Waals surface area contributed by atoms with Crippen molar-refractivity contribution in [3.05, 3.63) is 53.8 Å². The summed E-state index contributed by atoms with van der Waals surface area (Å²) in [6, 6.07) is 10.6. The van der Waals surface area contributed by atoms with Gasteiger partial charge in [-0.3, -0.25) is 9.59 Å². The molecule has 9 heteroatoms. The first kappa shape index (κ1) is 21.5. The van der Waals surface area contributed by atoms with Gasteiger partial charge in [-0.2, -0.15) is 4.31 Å². The Bertz CT molecular complexity index is 1110. The number of carbonyl (C=O) groups excluding carboxylic acids is 2. The zero-order valence-corrected chi connectivity index (χ0v) is 18.0. The lowest BCUT2D eigenvalue weighted by molar-refractivity contribution is -0.122. The van der Waals surface area contributed by atoms with Crippen LogP contribution in [0.5, 0.6) is 0 Å². The number of hydrogen-bond acceptors (Lipinski definition) is 4. The van der Waals surface area contributed by atoms with Crippen molar-refractivity contribution < 1.29 is 22.4 Å². The highest BCUT2D eigenvalue weighted by molar-refractivity contribution is 7.89. The second kappa shape index (κ2) is 8.39. The van der Waals surface area contributed by atoms with E-state index in [0.29, 0.717) is 18.8 Å². The standard InChI is InChI=1S/C22H24FN3O4S/c1-15-4-9-20(19(23)12-15)26-14-16(13-21(26)27)22(28)24-17-5-7-18(8-6-17)31(29,30)25-10-2-3-11-25/h4-9,12,16H,2-3,10-11,13-14H2,1H3,(H,24,28). The average Bonchev–Trinajstić information content (AvgIpc) is 3.39. The van der Waals surface area contributed by atoms with E-state index in [1.165, 1.54) is 39.5 Å². The van der Waals surface area contributed by atoms with E-state index >= 15 is 0 Å². The summed E-state index contributed by atoms with van der Waals surface area (Å²) in [5, 5.41) is 2.73. The monoisotopic (exact) mass is 445 g/mol. The van der Waals surface area contributed by atoms with Crippen LogP contribution in [-0.4, -0.2) is 44.2 Å². The number of amides is 2. The second-order valence-corrected chi connectivity index (χ2v) is 9.92. The van der Waals surface area contributed by atoms with Crippen LogP contribution in [0.2, 0.25) is 0 Å². The summed E-state index contributed by atoms with van der Waals surface area (Å²) in [5.41, 5.74) is 1.36. The number of halogens is 1. The van der Waals surface area contributed by atoms with Crippen molar-refractivity contribution in [2.24, 2.45) is 5.92 Å². The highest BCUT2D eigenvalue weighted by Gasteiger charge is 2.36. The van der Waals surface area contributed by atoms with Crippen LogP contribution in [0.25, 0.3) is 0 Å². The Hall–Kier alpha value is -2.78. The Balaban J connectivity index is 1.42. The molecule has 164 valence electrons. The summed E-state index contributed by atoms with van der Waals surface area (Å²) in [7, 11) is -3.52. The summed E-state index contributed by atoms with van der Waals surface area (Å²) in [6.07, 6.45) is 1.70. The van der Waals surface area contributed by atoms with Crippen molar-refractivity contribution >= 4 is 33.2 Å². The van der Waals surface area contributed by atoms with E-state index < -0.39 is 21.8 Å². The molecule has 2 amide bonds. The van der Waals surface area contributed by atoms with Crippen LogP contribution in [0.4, 0.5) is 15.8 Å². The maximum Gasteiger partial charge on any atom is 0.243 e. The van der Waals surface area contributed by atoms with Gasteiger partial charge in [-0.15, -0.1) is 0 Å². The number of aryl methyl sites for hydroxylation is 1. The summed E-state index contributed by atoms with van der Waals surface area (Å²) < 4.78 is 40.9. The number of rotatable bonds is 5. The number of anilines is 2. The van der Waals surface area contributed by atoms with E-state index in [4.69, 9.17) is 0 Å². The molecule has 0 saturated carbocycles. The number of sulfonamides is 1. The van der Waals surface area contributed by atoms with Gasteiger partial charge < -0.3 is 10.2 Å². The van der Waals surface area contributed by atoms with E-state index in [9.17, 15) is 22.4 Å². The Morgan fingerprint density at radius 3 is 2.42 bits per heavy atom. The minimum absolute atomic E-state index is 0.0133. The molecule has 0 bridgehead atoms. The zero-order chi connectivity index (χ0) is 22.2. The summed E-state index contributed by atoms with van der Waals surface area (Å²) in [5.74, 6) is -1.79.